The molecule has 0 unspecified atom stereocenters. The van der Waals surface area contributed by atoms with Gasteiger partial charge in [-0.05, 0) is 0 Å². The smallest absolute Gasteiger partial charge is 0.307 e. The van der Waals surface area contributed by atoms with Gasteiger partial charge < -0.3 is 14.2 Å². The lowest BCUT2D eigenvalue weighted by Crippen LogP contribution is -2.34. The molecule has 0 saturated carbocycles. The number of ether oxygens (including phenoxy) is 3. The number of nitrogens with zero attached hydrogens (tertiary/aromatic N) is 2. The molecule has 0 aromatic carbocycles. The van der Waals surface area contributed by atoms with Gasteiger partial charge in [0, 0.05) is 33.5 Å². The van der Waals surface area contributed by atoms with Gasteiger partial charge in [-0.3, -0.25) is 19.3 Å². The fraction of sp³-hybridized carbons (Fsp3) is 0.714. The van der Waals surface area contributed by atoms with Crippen LogP contribution in [0.4, 0.5) is 0 Å². The molecule has 0 aliphatic rings. The Morgan fingerprint density at radius 3 is 1.91 bits per heavy atom. The van der Waals surface area contributed by atoms with Gasteiger partial charge in [0.05, 0.1) is 18.9 Å². The minimum atomic E-state index is -0.403. The van der Waals surface area contributed by atoms with Crippen molar-refractivity contribution < 1.29 is 28.6 Å². The monoisotopic (exact) mass is 314 g/mol. The molecule has 0 radical (unpaired) electrons. The largest absolute Gasteiger partial charge is 0.465 e. The lowest BCUT2D eigenvalue weighted by molar-refractivity contribution is -0.145. The second kappa shape index (κ2) is 12.6. The summed E-state index contributed by atoms with van der Waals surface area (Å²) in [6, 6.07) is 1.88. The van der Waals surface area contributed by atoms with E-state index in [4.69, 9.17) is 19.5 Å². The molecule has 0 aromatic heterocycles. The summed E-state index contributed by atoms with van der Waals surface area (Å²) in [5.74, 6) is -1.16. The van der Waals surface area contributed by atoms with Crippen LogP contribution in [0.3, 0.4) is 0 Å². The van der Waals surface area contributed by atoms with Crippen molar-refractivity contribution >= 4 is 17.9 Å². The summed E-state index contributed by atoms with van der Waals surface area (Å²) in [7, 11) is 0. The molecule has 0 N–H and O–H groups in total. The van der Waals surface area contributed by atoms with Gasteiger partial charge >= 0.3 is 17.9 Å². The Balaban J connectivity index is 4.08. The van der Waals surface area contributed by atoms with Gasteiger partial charge in [0.25, 0.3) is 0 Å². The van der Waals surface area contributed by atoms with Crippen molar-refractivity contribution in [1.82, 2.24) is 4.90 Å². The summed E-state index contributed by atoms with van der Waals surface area (Å²) in [5.41, 5.74) is 0. The van der Waals surface area contributed by atoms with Crippen LogP contribution in [0.15, 0.2) is 0 Å². The standard InChI is InChI=1S/C14H22N2O6/c1-12(17)20-10-7-16(8-11-21-13(2)18)6-4-14(19)22-9-3-5-15/h3-4,6-11H2,1-2H3. The molecule has 8 heteroatoms. The van der Waals surface area contributed by atoms with Crippen molar-refractivity contribution in [3.8, 4) is 6.07 Å². The topological polar surface area (TPSA) is 106 Å². The van der Waals surface area contributed by atoms with Crippen LogP contribution in [-0.4, -0.2) is 62.3 Å². The Morgan fingerprint density at radius 1 is 0.909 bits per heavy atom. The summed E-state index contributed by atoms with van der Waals surface area (Å²) in [4.78, 5) is 34.7. The number of hydrogen-bond donors (Lipinski definition) is 0. The van der Waals surface area contributed by atoms with Crippen LogP contribution in [0.1, 0.15) is 26.7 Å². The predicted molar refractivity (Wildman–Crippen MR) is 75.5 cm³/mol. The van der Waals surface area contributed by atoms with Gasteiger partial charge in [-0.25, -0.2) is 0 Å². The van der Waals surface area contributed by atoms with Crippen LogP contribution < -0.4 is 0 Å². The predicted octanol–water partition coefficient (Wildman–Crippen LogP) is 0.262. The van der Waals surface area contributed by atoms with Crippen molar-refractivity contribution in [3.05, 3.63) is 0 Å². The summed E-state index contributed by atoms with van der Waals surface area (Å²) < 4.78 is 14.6. The zero-order valence-corrected chi connectivity index (χ0v) is 13.0. The van der Waals surface area contributed by atoms with E-state index in [1.165, 1.54) is 13.8 Å². The minimum absolute atomic E-state index is 0.0796. The first-order valence-corrected chi connectivity index (χ1v) is 6.97. The Bertz CT molecular complexity index is 385. The van der Waals surface area contributed by atoms with E-state index in [-0.39, 0.29) is 44.6 Å². The van der Waals surface area contributed by atoms with E-state index in [0.29, 0.717) is 19.6 Å². The molecule has 0 bridgehead atoms. The van der Waals surface area contributed by atoms with E-state index >= 15 is 0 Å². The molecule has 0 spiro atoms. The minimum Gasteiger partial charge on any atom is -0.465 e. The molecular weight excluding hydrogens is 292 g/mol. The van der Waals surface area contributed by atoms with Crippen molar-refractivity contribution in [3.63, 3.8) is 0 Å². The second-order valence-corrected chi connectivity index (χ2v) is 4.40. The molecule has 0 aliphatic heterocycles. The van der Waals surface area contributed by atoms with Crippen molar-refractivity contribution in [1.29, 1.82) is 5.26 Å². The first-order chi connectivity index (χ1) is 10.5. The number of rotatable bonds is 11. The van der Waals surface area contributed by atoms with E-state index in [1.807, 2.05) is 11.0 Å². The van der Waals surface area contributed by atoms with Crippen molar-refractivity contribution in [2.24, 2.45) is 0 Å². The fourth-order valence-electron chi connectivity index (χ4n) is 1.50. The van der Waals surface area contributed by atoms with Gasteiger partial charge in [0.2, 0.25) is 0 Å². The van der Waals surface area contributed by atoms with E-state index in [1.54, 1.807) is 0 Å². The zero-order chi connectivity index (χ0) is 16.8. The number of hydrogen-bond acceptors (Lipinski definition) is 8. The van der Waals surface area contributed by atoms with Crippen molar-refractivity contribution in [2.45, 2.75) is 26.7 Å². The highest BCUT2D eigenvalue weighted by molar-refractivity contribution is 5.69. The lowest BCUT2D eigenvalue weighted by Gasteiger charge is -2.21. The third-order valence-corrected chi connectivity index (χ3v) is 2.53. The second-order valence-electron chi connectivity index (χ2n) is 4.40. The zero-order valence-electron chi connectivity index (χ0n) is 13.0. The Labute approximate surface area is 129 Å². The van der Waals surface area contributed by atoms with Gasteiger partial charge in [0.15, 0.2) is 0 Å². The summed E-state index contributed by atoms with van der Waals surface area (Å²) in [6.45, 7) is 4.33. The van der Waals surface area contributed by atoms with Crippen LogP contribution in [0, 0.1) is 11.3 Å². The molecule has 0 aromatic rings. The third kappa shape index (κ3) is 12.9. The van der Waals surface area contributed by atoms with E-state index in [0.717, 1.165) is 0 Å². The molecule has 124 valence electrons. The number of carbonyl (C=O) groups is 3. The lowest BCUT2D eigenvalue weighted by atomic mass is 10.3. The summed E-state index contributed by atoms with van der Waals surface area (Å²) >= 11 is 0. The summed E-state index contributed by atoms with van der Waals surface area (Å²) in [6.07, 6.45) is 0.305. The highest BCUT2D eigenvalue weighted by Gasteiger charge is 2.10. The van der Waals surface area contributed by atoms with E-state index < -0.39 is 5.97 Å². The van der Waals surface area contributed by atoms with Gasteiger partial charge in [-0.15, -0.1) is 0 Å². The van der Waals surface area contributed by atoms with E-state index in [2.05, 4.69) is 0 Å². The Hall–Kier alpha value is -2.14. The molecule has 0 amide bonds. The van der Waals surface area contributed by atoms with Gasteiger partial charge in [-0.1, -0.05) is 0 Å². The number of nitriles is 1. The quantitative estimate of drug-likeness (QED) is 0.304. The van der Waals surface area contributed by atoms with Crippen LogP contribution in [0.2, 0.25) is 0 Å². The molecule has 0 fully saturated rings. The summed E-state index contributed by atoms with van der Waals surface area (Å²) in [5, 5.41) is 8.35. The van der Waals surface area contributed by atoms with Crippen LogP contribution in [0.25, 0.3) is 0 Å². The van der Waals surface area contributed by atoms with Crippen LogP contribution in [0.5, 0.6) is 0 Å². The fourth-order valence-corrected chi connectivity index (χ4v) is 1.50. The average Bonchev–Trinajstić information content (AvgIpc) is 2.43. The first kappa shape index (κ1) is 19.9. The molecular formula is C14H22N2O6. The molecule has 8 nitrogen and oxygen atoms in total. The van der Waals surface area contributed by atoms with Crippen LogP contribution >= 0.6 is 0 Å². The highest BCUT2D eigenvalue weighted by Crippen LogP contribution is 1.96. The maximum absolute atomic E-state index is 11.5. The maximum atomic E-state index is 11.5. The Morgan fingerprint density at radius 2 is 1.45 bits per heavy atom. The maximum Gasteiger partial charge on any atom is 0.307 e. The van der Waals surface area contributed by atoms with E-state index in [9.17, 15) is 14.4 Å². The molecule has 0 heterocycles. The molecule has 0 atom stereocenters. The molecule has 0 rings (SSSR count). The number of carbonyl (C=O) groups excluding carboxylic acids is 3. The SMILES string of the molecule is CC(=O)OCCN(CCOC(C)=O)CCC(=O)OCCC#N. The third-order valence-electron chi connectivity index (χ3n) is 2.53. The first-order valence-electron chi connectivity index (χ1n) is 6.97. The van der Waals surface area contributed by atoms with Gasteiger partial charge in [0.1, 0.15) is 19.8 Å². The highest BCUT2D eigenvalue weighted by atomic mass is 16.5. The van der Waals surface area contributed by atoms with Gasteiger partial charge in [-0.2, -0.15) is 5.26 Å². The molecule has 22 heavy (non-hydrogen) atoms. The van der Waals surface area contributed by atoms with Crippen molar-refractivity contribution in [2.75, 3.05) is 39.5 Å². The normalized spacial score (nSPS) is 9.91. The molecule has 0 aliphatic carbocycles. The number of esters is 3. The van der Waals surface area contributed by atoms with Crippen LogP contribution in [-0.2, 0) is 28.6 Å². The Kier molecular flexibility index (Phi) is 11.4. The average molecular weight is 314 g/mol. The molecule has 0 saturated heterocycles.